The maximum absolute atomic E-state index is 15.4. The highest BCUT2D eigenvalue weighted by Crippen LogP contribution is 2.39. The SMILES string of the molecule is CC(C)(C)C1C(F)C(Oc2ccc3c(nnn3CC3CC3)c2Br)CCN1C(=O)O. The molecule has 0 radical (unpaired) electrons. The van der Waals surface area contributed by atoms with Gasteiger partial charge in [0, 0.05) is 19.5 Å². The van der Waals surface area contributed by atoms with E-state index in [1.165, 1.54) is 17.7 Å². The molecule has 1 N–H and O–H groups in total. The summed E-state index contributed by atoms with van der Waals surface area (Å²) in [5, 5.41) is 18.0. The molecule has 2 heterocycles. The van der Waals surface area contributed by atoms with E-state index in [4.69, 9.17) is 4.74 Å². The quantitative estimate of drug-likeness (QED) is 0.714. The van der Waals surface area contributed by atoms with E-state index in [1.54, 1.807) is 0 Å². The Morgan fingerprint density at radius 2 is 2.07 bits per heavy atom. The Morgan fingerprint density at radius 1 is 1.34 bits per heavy atom. The minimum absolute atomic E-state index is 0.236. The van der Waals surface area contributed by atoms with E-state index in [1.807, 2.05) is 37.6 Å². The molecule has 1 saturated heterocycles. The predicted molar refractivity (Wildman–Crippen MR) is 110 cm³/mol. The number of rotatable bonds is 4. The summed E-state index contributed by atoms with van der Waals surface area (Å²) in [6, 6.07) is 2.93. The summed E-state index contributed by atoms with van der Waals surface area (Å²) in [5.74, 6) is 1.18. The van der Waals surface area contributed by atoms with Crippen LogP contribution in [0.15, 0.2) is 16.6 Å². The van der Waals surface area contributed by atoms with E-state index in [9.17, 15) is 9.90 Å². The minimum atomic E-state index is -1.44. The Bertz CT molecular complexity index is 924. The molecular formula is C20H26BrFN4O3. The Labute approximate surface area is 177 Å². The average Bonchev–Trinajstić information content (AvgIpc) is 3.36. The molecule has 158 valence electrons. The van der Waals surface area contributed by atoms with Crippen molar-refractivity contribution < 1.29 is 19.0 Å². The smallest absolute Gasteiger partial charge is 0.407 e. The Kier molecular flexibility index (Phi) is 5.21. The van der Waals surface area contributed by atoms with Crippen LogP contribution in [0.3, 0.4) is 0 Å². The number of halogens is 2. The number of aromatic nitrogens is 3. The molecular weight excluding hydrogens is 443 g/mol. The van der Waals surface area contributed by atoms with Gasteiger partial charge in [-0.1, -0.05) is 26.0 Å². The Hall–Kier alpha value is -1.90. The summed E-state index contributed by atoms with van der Waals surface area (Å²) in [5.41, 5.74) is 1.06. The van der Waals surface area contributed by atoms with Crippen LogP contribution in [0.1, 0.15) is 40.0 Å². The highest BCUT2D eigenvalue weighted by molar-refractivity contribution is 9.10. The standard InChI is InChI=1S/C20H26BrFN4O3/c1-20(2,3)18-16(22)14(8-9-25(18)19(27)28)29-13-7-6-12-17(15(13)21)23-24-26(12)10-11-4-5-11/h6-7,11,14,16,18H,4-5,8-10H2,1-3H3,(H,27,28). The summed E-state index contributed by atoms with van der Waals surface area (Å²) < 4.78 is 24.0. The minimum Gasteiger partial charge on any atom is -0.486 e. The molecule has 1 aromatic carbocycles. The predicted octanol–water partition coefficient (Wildman–Crippen LogP) is 4.49. The lowest BCUT2D eigenvalue weighted by Crippen LogP contribution is -2.60. The fourth-order valence-electron chi connectivity index (χ4n) is 4.14. The number of amides is 1. The van der Waals surface area contributed by atoms with Crippen LogP contribution in [0.4, 0.5) is 9.18 Å². The zero-order valence-corrected chi connectivity index (χ0v) is 18.4. The van der Waals surface area contributed by atoms with E-state index >= 15 is 4.39 Å². The van der Waals surface area contributed by atoms with Gasteiger partial charge >= 0.3 is 6.09 Å². The molecule has 2 aliphatic rings. The second-order valence-electron chi connectivity index (χ2n) is 9.14. The van der Waals surface area contributed by atoms with Crippen molar-refractivity contribution in [1.29, 1.82) is 0 Å². The highest BCUT2D eigenvalue weighted by atomic mass is 79.9. The summed E-state index contributed by atoms with van der Waals surface area (Å²) >= 11 is 3.55. The number of alkyl halides is 1. The van der Waals surface area contributed by atoms with Gasteiger partial charge in [0.05, 0.1) is 16.0 Å². The van der Waals surface area contributed by atoms with Crippen molar-refractivity contribution in [3.63, 3.8) is 0 Å². The third-order valence-corrected chi connectivity index (χ3v) is 6.54. The molecule has 29 heavy (non-hydrogen) atoms. The lowest BCUT2D eigenvalue weighted by atomic mass is 9.78. The van der Waals surface area contributed by atoms with Gasteiger partial charge in [0.25, 0.3) is 0 Å². The van der Waals surface area contributed by atoms with Gasteiger partial charge in [-0.3, -0.25) is 0 Å². The second kappa shape index (κ2) is 7.41. The molecule has 7 nitrogen and oxygen atoms in total. The number of carbonyl (C=O) groups is 1. The van der Waals surface area contributed by atoms with Crippen molar-refractivity contribution >= 4 is 33.1 Å². The summed E-state index contributed by atoms with van der Waals surface area (Å²) in [6.45, 7) is 6.64. The van der Waals surface area contributed by atoms with Gasteiger partial charge in [-0.2, -0.15) is 0 Å². The molecule has 4 rings (SSSR count). The number of ether oxygens (including phenoxy) is 1. The van der Waals surface area contributed by atoms with Crippen LogP contribution in [0.5, 0.6) is 5.75 Å². The van der Waals surface area contributed by atoms with Gasteiger partial charge in [-0.05, 0) is 52.2 Å². The van der Waals surface area contributed by atoms with E-state index in [-0.39, 0.29) is 6.54 Å². The molecule has 1 amide bonds. The number of fused-ring (bicyclic) bond motifs is 1. The monoisotopic (exact) mass is 468 g/mol. The van der Waals surface area contributed by atoms with E-state index in [0.29, 0.717) is 28.1 Å². The fraction of sp³-hybridized carbons (Fsp3) is 0.650. The number of carboxylic acid groups (broad SMARTS) is 1. The number of hydrogen-bond donors (Lipinski definition) is 1. The first-order valence-corrected chi connectivity index (χ1v) is 10.8. The molecule has 2 aromatic rings. The maximum atomic E-state index is 15.4. The van der Waals surface area contributed by atoms with Crippen molar-refractivity contribution in [2.24, 2.45) is 11.3 Å². The lowest BCUT2D eigenvalue weighted by Gasteiger charge is -2.46. The van der Waals surface area contributed by atoms with Crippen molar-refractivity contribution in [2.45, 2.75) is 64.9 Å². The lowest BCUT2D eigenvalue weighted by molar-refractivity contribution is -0.0514. The van der Waals surface area contributed by atoms with E-state index in [2.05, 4.69) is 26.2 Å². The molecule has 3 unspecified atom stereocenters. The number of nitrogens with zero attached hydrogens (tertiary/aromatic N) is 4. The third kappa shape index (κ3) is 3.93. The number of benzene rings is 1. The molecule has 1 aliphatic carbocycles. The second-order valence-corrected chi connectivity index (χ2v) is 9.93. The van der Waals surface area contributed by atoms with Crippen LogP contribution >= 0.6 is 15.9 Å². The number of piperidine rings is 1. The average molecular weight is 469 g/mol. The highest BCUT2D eigenvalue weighted by Gasteiger charge is 2.47. The van der Waals surface area contributed by atoms with Gasteiger partial charge in [0.2, 0.25) is 0 Å². The number of likely N-dealkylation sites (tertiary alicyclic amines) is 1. The molecule has 2 fully saturated rings. The normalized spacial score (nSPS) is 25.4. The van der Waals surface area contributed by atoms with Crippen LogP contribution < -0.4 is 4.74 Å². The maximum Gasteiger partial charge on any atom is 0.407 e. The first kappa shape index (κ1) is 20.4. The van der Waals surface area contributed by atoms with Crippen LogP contribution in [-0.2, 0) is 6.54 Å². The fourth-order valence-corrected chi connectivity index (χ4v) is 4.65. The van der Waals surface area contributed by atoms with Gasteiger partial charge in [0.15, 0.2) is 6.17 Å². The van der Waals surface area contributed by atoms with Crippen LogP contribution in [-0.4, -0.2) is 56.0 Å². The molecule has 3 atom stereocenters. The summed E-state index contributed by atoms with van der Waals surface area (Å²) in [6.07, 6.45) is -0.519. The summed E-state index contributed by atoms with van der Waals surface area (Å²) in [4.78, 5) is 12.8. The van der Waals surface area contributed by atoms with E-state index < -0.39 is 29.8 Å². The van der Waals surface area contributed by atoms with Gasteiger partial charge in [-0.15, -0.1) is 5.10 Å². The van der Waals surface area contributed by atoms with Crippen LogP contribution in [0.2, 0.25) is 0 Å². The summed E-state index contributed by atoms with van der Waals surface area (Å²) in [7, 11) is 0. The molecule has 0 spiro atoms. The van der Waals surface area contributed by atoms with Crippen molar-refractivity contribution in [3.8, 4) is 5.75 Å². The van der Waals surface area contributed by atoms with Crippen molar-refractivity contribution in [2.75, 3.05) is 6.54 Å². The Morgan fingerprint density at radius 3 is 2.69 bits per heavy atom. The van der Waals surface area contributed by atoms with E-state index in [0.717, 1.165) is 12.1 Å². The van der Waals surface area contributed by atoms with Gasteiger partial charge in [0.1, 0.15) is 17.4 Å². The van der Waals surface area contributed by atoms with Crippen molar-refractivity contribution in [1.82, 2.24) is 19.9 Å². The van der Waals surface area contributed by atoms with Crippen molar-refractivity contribution in [3.05, 3.63) is 16.6 Å². The molecule has 1 aliphatic heterocycles. The number of hydrogen-bond acceptors (Lipinski definition) is 4. The molecule has 0 bridgehead atoms. The zero-order chi connectivity index (χ0) is 20.9. The van der Waals surface area contributed by atoms with Gasteiger partial charge in [-0.25, -0.2) is 13.9 Å². The molecule has 1 aromatic heterocycles. The van der Waals surface area contributed by atoms with Gasteiger partial charge < -0.3 is 14.7 Å². The largest absolute Gasteiger partial charge is 0.486 e. The Balaban J connectivity index is 1.57. The van der Waals surface area contributed by atoms with Crippen LogP contribution in [0, 0.1) is 11.3 Å². The van der Waals surface area contributed by atoms with Crippen LogP contribution in [0.25, 0.3) is 11.0 Å². The third-order valence-electron chi connectivity index (χ3n) is 5.78. The topological polar surface area (TPSA) is 80.5 Å². The first-order chi connectivity index (χ1) is 13.7. The molecule has 9 heteroatoms. The zero-order valence-electron chi connectivity index (χ0n) is 16.8. The molecule has 1 saturated carbocycles. The first-order valence-electron chi connectivity index (χ1n) is 9.99.